The van der Waals surface area contributed by atoms with Crippen LogP contribution < -0.4 is 10.5 Å². The summed E-state index contributed by atoms with van der Waals surface area (Å²) >= 11 is 0. The first-order valence-corrected chi connectivity index (χ1v) is 9.72. The van der Waals surface area contributed by atoms with Crippen LogP contribution in [0.2, 0.25) is 0 Å². The molecule has 1 aromatic heterocycles. The summed E-state index contributed by atoms with van der Waals surface area (Å²) in [7, 11) is 0. The van der Waals surface area contributed by atoms with Crippen molar-refractivity contribution in [3.8, 4) is 17.2 Å². The second-order valence-electron chi connectivity index (χ2n) is 9.36. The molecule has 4 rings (SSSR count). The number of nitriles is 1. The van der Waals surface area contributed by atoms with E-state index in [0.29, 0.717) is 0 Å². The molecule has 1 N–H and O–H groups in total. The lowest BCUT2D eigenvalue weighted by Crippen LogP contribution is -2.44. The smallest absolute Gasteiger partial charge is 0.266 e. The minimum absolute atomic E-state index is 0.0765. The lowest BCUT2D eigenvalue weighted by molar-refractivity contribution is 0.402. The van der Waals surface area contributed by atoms with Crippen LogP contribution in [-0.4, -0.2) is 18.1 Å². The number of aryl methyl sites for hydroxylation is 1. The number of rotatable bonds is 1. The molecule has 4 heteroatoms. The number of hydrogen-bond donors (Lipinski definition) is 1. The molecule has 2 aliphatic rings. The molecule has 0 spiro atoms. The average molecular weight is 361 g/mol. The number of anilines is 1. The van der Waals surface area contributed by atoms with Crippen LogP contribution in [0.15, 0.2) is 23.0 Å². The Kier molecular flexibility index (Phi) is 3.79. The van der Waals surface area contributed by atoms with Crippen LogP contribution in [0.3, 0.4) is 0 Å². The molecule has 0 atom stereocenters. The predicted octanol–water partition coefficient (Wildman–Crippen LogP) is 4.39. The van der Waals surface area contributed by atoms with Gasteiger partial charge in [-0.1, -0.05) is 27.7 Å². The Hall–Kier alpha value is -2.54. The molecule has 0 saturated carbocycles. The summed E-state index contributed by atoms with van der Waals surface area (Å²) in [5, 5.41) is 9.60. The predicted molar refractivity (Wildman–Crippen MR) is 109 cm³/mol. The second-order valence-corrected chi connectivity index (χ2v) is 9.36. The monoisotopic (exact) mass is 361 g/mol. The largest absolute Gasteiger partial charge is 0.371 e. The zero-order valence-corrected chi connectivity index (χ0v) is 16.9. The topological polar surface area (TPSA) is 59.9 Å². The first-order chi connectivity index (χ1) is 12.6. The highest BCUT2D eigenvalue weighted by Crippen LogP contribution is 2.50. The number of aromatic nitrogens is 1. The number of H-pyrrole nitrogens is 1. The first-order valence-electron chi connectivity index (χ1n) is 9.72. The summed E-state index contributed by atoms with van der Waals surface area (Å²) in [5.74, 6) is 0. The molecule has 0 amide bonds. The number of pyridine rings is 1. The highest BCUT2D eigenvalue weighted by Gasteiger charge is 2.40. The van der Waals surface area contributed by atoms with Crippen molar-refractivity contribution >= 4 is 5.69 Å². The summed E-state index contributed by atoms with van der Waals surface area (Å²) in [6, 6.07) is 8.49. The van der Waals surface area contributed by atoms with Gasteiger partial charge in [0.2, 0.25) is 0 Å². The fraction of sp³-hybridized carbons (Fsp3) is 0.478. The van der Waals surface area contributed by atoms with Crippen LogP contribution in [0, 0.1) is 18.3 Å². The van der Waals surface area contributed by atoms with E-state index in [1.54, 1.807) is 0 Å². The van der Waals surface area contributed by atoms with E-state index < -0.39 is 0 Å². The quantitative estimate of drug-likeness (QED) is 0.819. The van der Waals surface area contributed by atoms with Crippen molar-refractivity contribution in [1.82, 2.24) is 4.98 Å². The summed E-state index contributed by atoms with van der Waals surface area (Å²) in [5.41, 5.74) is 6.62. The fourth-order valence-corrected chi connectivity index (χ4v) is 4.62. The SMILES string of the molecule is Cc1cc(-c2cc3c4c(c2)C(C)(C)CCN4CCC3(C)C)c(C#N)c(=O)[nH]1. The maximum absolute atomic E-state index is 12.3. The molecular formula is C23H27N3O. The van der Waals surface area contributed by atoms with Crippen molar-refractivity contribution in [2.45, 2.75) is 58.3 Å². The van der Waals surface area contributed by atoms with Crippen LogP contribution in [0.25, 0.3) is 11.1 Å². The van der Waals surface area contributed by atoms with Gasteiger partial charge in [0, 0.05) is 30.0 Å². The van der Waals surface area contributed by atoms with Crippen molar-refractivity contribution in [2.24, 2.45) is 0 Å². The molecule has 1 aromatic carbocycles. The minimum Gasteiger partial charge on any atom is -0.371 e. The Bertz CT molecular complexity index is 996. The van der Waals surface area contributed by atoms with Crippen molar-refractivity contribution < 1.29 is 0 Å². The van der Waals surface area contributed by atoms with Gasteiger partial charge in [0.05, 0.1) is 0 Å². The number of aromatic amines is 1. The fourth-order valence-electron chi connectivity index (χ4n) is 4.62. The van der Waals surface area contributed by atoms with Crippen LogP contribution in [0.4, 0.5) is 5.69 Å². The highest BCUT2D eigenvalue weighted by molar-refractivity contribution is 5.78. The van der Waals surface area contributed by atoms with Gasteiger partial charge >= 0.3 is 0 Å². The molecule has 0 aliphatic carbocycles. The van der Waals surface area contributed by atoms with E-state index in [0.717, 1.165) is 42.8 Å². The van der Waals surface area contributed by atoms with Crippen molar-refractivity contribution in [1.29, 1.82) is 5.26 Å². The van der Waals surface area contributed by atoms with E-state index in [4.69, 9.17) is 0 Å². The van der Waals surface area contributed by atoms with Crippen molar-refractivity contribution in [3.05, 3.63) is 50.9 Å². The van der Waals surface area contributed by atoms with Gasteiger partial charge in [0.1, 0.15) is 11.6 Å². The Balaban J connectivity index is 2.07. The molecule has 0 radical (unpaired) electrons. The van der Waals surface area contributed by atoms with Gasteiger partial charge in [-0.3, -0.25) is 4.79 Å². The third-order valence-electron chi connectivity index (χ3n) is 6.49. The van der Waals surface area contributed by atoms with E-state index in [2.05, 4.69) is 55.8 Å². The maximum Gasteiger partial charge on any atom is 0.266 e. The number of benzene rings is 1. The number of nitrogens with zero attached hydrogens (tertiary/aromatic N) is 2. The summed E-state index contributed by atoms with van der Waals surface area (Å²) in [6.45, 7) is 13.3. The van der Waals surface area contributed by atoms with Gasteiger partial charge in [-0.15, -0.1) is 0 Å². The van der Waals surface area contributed by atoms with Gasteiger partial charge in [-0.25, -0.2) is 0 Å². The average Bonchev–Trinajstić information content (AvgIpc) is 2.59. The molecule has 0 unspecified atom stereocenters. The zero-order chi connectivity index (χ0) is 19.6. The molecule has 140 valence electrons. The zero-order valence-electron chi connectivity index (χ0n) is 16.9. The molecule has 2 aromatic rings. The molecule has 0 fully saturated rings. The molecule has 0 bridgehead atoms. The first kappa shape index (κ1) is 17.9. The molecule has 27 heavy (non-hydrogen) atoms. The lowest BCUT2D eigenvalue weighted by Gasteiger charge is -2.48. The molecule has 3 heterocycles. The molecule has 4 nitrogen and oxygen atoms in total. The third-order valence-corrected chi connectivity index (χ3v) is 6.49. The lowest BCUT2D eigenvalue weighted by atomic mass is 9.69. The van der Waals surface area contributed by atoms with E-state index in [9.17, 15) is 10.1 Å². The van der Waals surface area contributed by atoms with E-state index in [1.165, 1.54) is 16.8 Å². The summed E-state index contributed by atoms with van der Waals surface area (Å²) < 4.78 is 0. The maximum atomic E-state index is 12.3. The Morgan fingerprint density at radius 2 is 1.59 bits per heavy atom. The van der Waals surface area contributed by atoms with Crippen LogP contribution in [0.5, 0.6) is 0 Å². The number of nitrogens with one attached hydrogen (secondary N) is 1. The van der Waals surface area contributed by atoms with Gasteiger partial charge in [0.25, 0.3) is 5.56 Å². The number of hydrogen-bond acceptors (Lipinski definition) is 3. The Labute approximate surface area is 160 Å². The highest BCUT2D eigenvalue weighted by atomic mass is 16.1. The Morgan fingerprint density at radius 1 is 1.04 bits per heavy atom. The van der Waals surface area contributed by atoms with Gasteiger partial charge in [-0.2, -0.15) is 5.26 Å². The standard InChI is InChI=1S/C23H27N3O/c1-14-10-16(17(13-24)21(27)25-14)15-11-18-20-19(12-15)23(4,5)7-9-26(20)8-6-22(18,2)3/h10-12H,6-9H2,1-5H3,(H,25,27). The molecule has 2 aliphatic heterocycles. The summed E-state index contributed by atoms with van der Waals surface area (Å²) in [4.78, 5) is 17.6. The van der Waals surface area contributed by atoms with Crippen molar-refractivity contribution in [2.75, 3.05) is 18.0 Å². The van der Waals surface area contributed by atoms with E-state index in [1.807, 2.05) is 13.0 Å². The van der Waals surface area contributed by atoms with E-state index >= 15 is 0 Å². The minimum atomic E-state index is -0.306. The molecular weight excluding hydrogens is 334 g/mol. The van der Waals surface area contributed by atoms with Gasteiger partial charge in [-0.05, 0) is 65.5 Å². The third kappa shape index (κ3) is 2.68. The van der Waals surface area contributed by atoms with Crippen LogP contribution >= 0.6 is 0 Å². The van der Waals surface area contributed by atoms with E-state index in [-0.39, 0.29) is 22.0 Å². The Morgan fingerprint density at radius 3 is 2.11 bits per heavy atom. The van der Waals surface area contributed by atoms with Crippen molar-refractivity contribution in [3.63, 3.8) is 0 Å². The van der Waals surface area contributed by atoms with Crippen LogP contribution in [0.1, 0.15) is 62.9 Å². The molecule has 0 saturated heterocycles. The van der Waals surface area contributed by atoms with Gasteiger partial charge in [0.15, 0.2) is 0 Å². The van der Waals surface area contributed by atoms with Gasteiger partial charge < -0.3 is 9.88 Å². The second kappa shape index (κ2) is 5.73. The normalized spacial score (nSPS) is 19.3. The summed E-state index contributed by atoms with van der Waals surface area (Å²) in [6.07, 6.45) is 2.23. The van der Waals surface area contributed by atoms with Crippen LogP contribution in [-0.2, 0) is 10.8 Å².